The van der Waals surface area contributed by atoms with Gasteiger partial charge in [0.25, 0.3) is 5.91 Å². The van der Waals surface area contributed by atoms with E-state index in [4.69, 9.17) is 9.47 Å². The summed E-state index contributed by atoms with van der Waals surface area (Å²) >= 11 is 0. The first-order chi connectivity index (χ1) is 14.7. The second-order valence-corrected chi connectivity index (χ2v) is 7.76. The number of hydrogen-bond donors (Lipinski definition) is 1. The molecule has 5 heteroatoms. The molecule has 0 aliphatic heterocycles. The van der Waals surface area contributed by atoms with Crippen molar-refractivity contribution in [2.75, 3.05) is 11.9 Å². The fourth-order valence-electron chi connectivity index (χ4n) is 3.27. The zero-order chi connectivity index (χ0) is 22.5. The van der Waals surface area contributed by atoms with Crippen molar-refractivity contribution < 1.29 is 19.1 Å². The number of esters is 1. The lowest BCUT2D eigenvalue weighted by Gasteiger charge is -2.12. The number of aryl methyl sites for hydroxylation is 4. The van der Waals surface area contributed by atoms with Crippen molar-refractivity contribution in [1.29, 1.82) is 0 Å². The number of ether oxygens (including phenoxy) is 2. The quantitative estimate of drug-likeness (QED) is 0.427. The molecule has 0 atom stereocenters. The summed E-state index contributed by atoms with van der Waals surface area (Å²) in [6, 6.07) is 16.3. The van der Waals surface area contributed by atoms with Gasteiger partial charge >= 0.3 is 5.97 Å². The third kappa shape index (κ3) is 5.72. The molecule has 1 amide bonds. The van der Waals surface area contributed by atoms with Crippen LogP contribution in [0.4, 0.5) is 5.69 Å². The molecule has 0 bridgehead atoms. The Morgan fingerprint density at radius 1 is 0.806 bits per heavy atom. The monoisotopic (exact) mass is 417 g/mol. The van der Waals surface area contributed by atoms with Crippen molar-refractivity contribution in [2.45, 2.75) is 34.6 Å². The second-order valence-electron chi connectivity index (χ2n) is 7.76. The molecule has 3 rings (SSSR count). The third-order valence-electron chi connectivity index (χ3n) is 5.09. The molecule has 1 N–H and O–H groups in total. The van der Waals surface area contributed by atoms with Gasteiger partial charge in [-0.1, -0.05) is 23.8 Å². The minimum Gasteiger partial charge on any atom is -0.482 e. The number of benzene rings is 3. The highest BCUT2D eigenvalue weighted by Gasteiger charge is 2.11. The van der Waals surface area contributed by atoms with E-state index in [2.05, 4.69) is 11.4 Å². The van der Waals surface area contributed by atoms with Crippen LogP contribution < -0.4 is 14.8 Å². The SMILES string of the molecule is Cc1ccc(NC(=O)c2ccc(OC(=O)COc3cc(C)cc(C)c3C)cc2)c(C)c1. The number of carbonyl (C=O) groups excluding carboxylic acids is 2. The molecular formula is C26H27NO4. The van der Waals surface area contributed by atoms with Crippen molar-refractivity contribution in [3.8, 4) is 11.5 Å². The smallest absolute Gasteiger partial charge is 0.349 e. The molecule has 0 saturated carbocycles. The van der Waals surface area contributed by atoms with Gasteiger partial charge in [-0.3, -0.25) is 4.79 Å². The number of amides is 1. The Morgan fingerprint density at radius 3 is 2.16 bits per heavy atom. The molecule has 0 spiro atoms. The highest BCUT2D eigenvalue weighted by Crippen LogP contribution is 2.23. The van der Waals surface area contributed by atoms with E-state index in [1.165, 1.54) is 0 Å². The largest absolute Gasteiger partial charge is 0.482 e. The zero-order valence-corrected chi connectivity index (χ0v) is 18.5. The van der Waals surface area contributed by atoms with Crippen LogP contribution in [0.2, 0.25) is 0 Å². The maximum absolute atomic E-state index is 12.5. The lowest BCUT2D eigenvalue weighted by molar-refractivity contribution is -0.136. The van der Waals surface area contributed by atoms with Crippen LogP contribution in [0, 0.1) is 34.6 Å². The predicted molar refractivity (Wildman–Crippen MR) is 122 cm³/mol. The fraction of sp³-hybridized carbons (Fsp3) is 0.231. The van der Waals surface area contributed by atoms with E-state index in [0.717, 1.165) is 33.5 Å². The molecular weight excluding hydrogens is 390 g/mol. The molecule has 0 aromatic heterocycles. The normalized spacial score (nSPS) is 10.5. The number of hydrogen-bond acceptors (Lipinski definition) is 4. The van der Waals surface area contributed by atoms with Gasteiger partial charge in [0.2, 0.25) is 0 Å². The average molecular weight is 418 g/mol. The van der Waals surface area contributed by atoms with E-state index in [-0.39, 0.29) is 12.5 Å². The number of nitrogens with one attached hydrogen (secondary N) is 1. The number of carbonyl (C=O) groups is 2. The molecule has 160 valence electrons. The van der Waals surface area contributed by atoms with Gasteiger partial charge in [0.1, 0.15) is 11.5 Å². The number of anilines is 1. The van der Waals surface area contributed by atoms with Crippen molar-refractivity contribution >= 4 is 17.6 Å². The van der Waals surface area contributed by atoms with Gasteiger partial charge < -0.3 is 14.8 Å². The maximum atomic E-state index is 12.5. The standard InChI is InChI=1S/C26H27NO4/c1-16-6-11-23(19(4)12-16)27-26(29)21-7-9-22(10-8-21)31-25(28)15-30-24-14-17(2)13-18(3)20(24)5/h6-14H,15H2,1-5H3,(H,27,29). The Labute approximate surface area is 183 Å². The summed E-state index contributed by atoms with van der Waals surface area (Å²) < 4.78 is 11.0. The van der Waals surface area contributed by atoms with E-state index >= 15 is 0 Å². The lowest BCUT2D eigenvalue weighted by Crippen LogP contribution is -2.18. The second kappa shape index (κ2) is 9.47. The van der Waals surface area contributed by atoms with Crippen molar-refractivity contribution in [2.24, 2.45) is 0 Å². The molecule has 0 aliphatic carbocycles. The van der Waals surface area contributed by atoms with Gasteiger partial charge in [0.15, 0.2) is 6.61 Å². The Morgan fingerprint density at radius 2 is 1.48 bits per heavy atom. The fourth-order valence-corrected chi connectivity index (χ4v) is 3.27. The Hall–Kier alpha value is -3.60. The molecule has 31 heavy (non-hydrogen) atoms. The molecule has 3 aromatic rings. The summed E-state index contributed by atoms with van der Waals surface area (Å²) in [6.07, 6.45) is 0. The first-order valence-corrected chi connectivity index (χ1v) is 10.1. The highest BCUT2D eigenvalue weighted by atomic mass is 16.6. The molecule has 5 nitrogen and oxygen atoms in total. The van der Waals surface area contributed by atoms with E-state index < -0.39 is 5.97 Å². The molecule has 0 saturated heterocycles. The third-order valence-corrected chi connectivity index (χ3v) is 5.09. The van der Waals surface area contributed by atoms with E-state index in [1.807, 2.05) is 58.9 Å². The lowest BCUT2D eigenvalue weighted by atomic mass is 10.1. The summed E-state index contributed by atoms with van der Waals surface area (Å²) in [5, 5.41) is 2.90. The summed E-state index contributed by atoms with van der Waals surface area (Å²) in [6.45, 7) is 9.70. The van der Waals surface area contributed by atoms with Gasteiger partial charge in [0, 0.05) is 11.3 Å². The predicted octanol–water partition coefficient (Wildman–Crippen LogP) is 5.47. The Balaban J connectivity index is 1.57. The molecule has 3 aromatic carbocycles. The van der Waals surface area contributed by atoms with E-state index in [9.17, 15) is 9.59 Å². The molecule has 0 aliphatic rings. The Kier molecular flexibility index (Phi) is 6.75. The average Bonchev–Trinajstić information content (AvgIpc) is 2.72. The van der Waals surface area contributed by atoms with Gasteiger partial charge in [-0.25, -0.2) is 4.79 Å². The van der Waals surface area contributed by atoms with Crippen LogP contribution in [0.1, 0.15) is 38.2 Å². The first-order valence-electron chi connectivity index (χ1n) is 10.1. The van der Waals surface area contributed by atoms with Crippen molar-refractivity contribution in [1.82, 2.24) is 0 Å². The highest BCUT2D eigenvalue weighted by molar-refractivity contribution is 6.04. The molecule has 0 radical (unpaired) electrons. The van der Waals surface area contributed by atoms with Crippen LogP contribution in [-0.4, -0.2) is 18.5 Å². The maximum Gasteiger partial charge on any atom is 0.349 e. The van der Waals surface area contributed by atoms with Gasteiger partial charge in [-0.05, 0) is 93.3 Å². The minimum absolute atomic E-state index is 0.196. The van der Waals surface area contributed by atoms with Crippen LogP contribution >= 0.6 is 0 Å². The molecule has 0 fully saturated rings. The number of rotatable bonds is 6. The topological polar surface area (TPSA) is 64.6 Å². The van der Waals surface area contributed by atoms with E-state index in [1.54, 1.807) is 24.3 Å². The minimum atomic E-state index is -0.508. The summed E-state index contributed by atoms with van der Waals surface area (Å²) in [5.74, 6) is 0.297. The molecule has 0 unspecified atom stereocenters. The van der Waals surface area contributed by atoms with Crippen LogP contribution in [0.15, 0.2) is 54.6 Å². The van der Waals surface area contributed by atoms with E-state index in [0.29, 0.717) is 17.1 Å². The Bertz CT molecular complexity index is 1120. The first kappa shape index (κ1) is 22.1. The summed E-state index contributed by atoms with van der Waals surface area (Å²) in [7, 11) is 0. The van der Waals surface area contributed by atoms with Crippen LogP contribution in [-0.2, 0) is 4.79 Å². The van der Waals surface area contributed by atoms with Gasteiger partial charge in [-0.2, -0.15) is 0 Å². The van der Waals surface area contributed by atoms with Crippen LogP contribution in [0.3, 0.4) is 0 Å². The van der Waals surface area contributed by atoms with Gasteiger partial charge in [0.05, 0.1) is 0 Å². The molecule has 0 heterocycles. The zero-order valence-electron chi connectivity index (χ0n) is 18.5. The van der Waals surface area contributed by atoms with Crippen molar-refractivity contribution in [3.63, 3.8) is 0 Å². The summed E-state index contributed by atoms with van der Waals surface area (Å²) in [4.78, 5) is 24.7. The van der Waals surface area contributed by atoms with Crippen LogP contribution in [0.5, 0.6) is 11.5 Å². The van der Waals surface area contributed by atoms with Crippen LogP contribution in [0.25, 0.3) is 0 Å². The van der Waals surface area contributed by atoms with Gasteiger partial charge in [-0.15, -0.1) is 0 Å². The van der Waals surface area contributed by atoms with Crippen molar-refractivity contribution in [3.05, 3.63) is 88.0 Å². The summed E-state index contributed by atoms with van der Waals surface area (Å²) in [5.41, 5.74) is 6.56.